The number of hydrogen-bond acceptors (Lipinski definition) is 8. The van der Waals surface area contributed by atoms with Crippen LogP contribution in [0.25, 0.3) is 16.0 Å². The Kier molecular flexibility index (Phi) is 6.59. The van der Waals surface area contributed by atoms with Crippen molar-refractivity contribution in [3.05, 3.63) is 113 Å². The number of aliphatic hydroxyl groups is 1. The molecule has 7 rings (SSSR count). The van der Waals surface area contributed by atoms with Gasteiger partial charge in [-0.2, -0.15) is 0 Å². The van der Waals surface area contributed by atoms with Crippen molar-refractivity contribution in [3.63, 3.8) is 0 Å². The van der Waals surface area contributed by atoms with Gasteiger partial charge in [0.05, 0.1) is 28.9 Å². The van der Waals surface area contributed by atoms with Gasteiger partial charge in [-0.3, -0.25) is 14.5 Å². The standard InChI is InChI=1S/C34H26N2O6S/c1-19-15-22-16-21(11-14-27(22)41-19)31(37)29-30(20-7-6-10-25(17-20)42-23-8-4-3-5-9-23)36(33(39)32(29)38)34-35-26-13-12-24(40-2)18-28(26)43-34/h3-14,16-19,30,37H,15H2,1-2H3/b31-29+. The number of para-hydroxylation sites is 1. The van der Waals surface area contributed by atoms with Gasteiger partial charge < -0.3 is 19.3 Å². The first-order valence-electron chi connectivity index (χ1n) is 13.8. The van der Waals surface area contributed by atoms with Gasteiger partial charge in [0.15, 0.2) is 5.13 Å². The van der Waals surface area contributed by atoms with E-state index in [1.54, 1.807) is 43.5 Å². The Bertz CT molecular complexity index is 1930. The van der Waals surface area contributed by atoms with E-state index in [0.717, 1.165) is 16.0 Å². The van der Waals surface area contributed by atoms with Gasteiger partial charge in [0.1, 0.15) is 34.9 Å². The second-order valence-electron chi connectivity index (χ2n) is 10.4. The van der Waals surface area contributed by atoms with Crippen LogP contribution in [0.5, 0.6) is 23.0 Å². The van der Waals surface area contributed by atoms with E-state index in [-0.39, 0.29) is 17.4 Å². The third kappa shape index (κ3) is 4.77. The van der Waals surface area contributed by atoms with Gasteiger partial charge in [-0.1, -0.05) is 41.7 Å². The maximum absolute atomic E-state index is 13.8. The van der Waals surface area contributed by atoms with Crippen molar-refractivity contribution >= 4 is 44.1 Å². The summed E-state index contributed by atoms with van der Waals surface area (Å²) < 4.78 is 18.1. The number of ether oxygens (including phenoxy) is 3. The van der Waals surface area contributed by atoms with E-state index in [2.05, 4.69) is 0 Å². The van der Waals surface area contributed by atoms with Crippen LogP contribution < -0.4 is 19.1 Å². The molecule has 2 unspecified atom stereocenters. The number of anilines is 1. The Morgan fingerprint density at radius 1 is 0.953 bits per heavy atom. The van der Waals surface area contributed by atoms with Crippen molar-refractivity contribution in [2.75, 3.05) is 12.0 Å². The van der Waals surface area contributed by atoms with Crippen molar-refractivity contribution in [1.82, 2.24) is 4.98 Å². The lowest BCUT2D eigenvalue weighted by atomic mass is 9.94. The lowest BCUT2D eigenvalue weighted by Gasteiger charge is -2.23. The fourth-order valence-electron chi connectivity index (χ4n) is 5.57. The fourth-order valence-corrected chi connectivity index (χ4v) is 6.59. The highest BCUT2D eigenvalue weighted by Gasteiger charge is 2.48. The summed E-state index contributed by atoms with van der Waals surface area (Å²) in [6, 6.07) is 26.3. The minimum atomic E-state index is -0.954. The van der Waals surface area contributed by atoms with Crippen LogP contribution in [0.2, 0.25) is 0 Å². The molecule has 1 aromatic heterocycles. The van der Waals surface area contributed by atoms with Crippen LogP contribution in [-0.4, -0.2) is 35.0 Å². The molecular formula is C34H26N2O6S. The second-order valence-corrected chi connectivity index (χ2v) is 11.5. The Hall–Kier alpha value is -5.15. The maximum atomic E-state index is 13.8. The highest BCUT2D eigenvalue weighted by atomic mass is 32.1. The van der Waals surface area contributed by atoms with Crippen LogP contribution >= 0.6 is 11.3 Å². The Morgan fingerprint density at radius 2 is 1.77 bits per heavy atom. The SMILES string of the molecule is COc1ccc2nc(N3C(=O)C(=O)/C(=C(/O)c4ccc5c(c4)CC(C)O5)C3c3cccc(Oc4ccccc4)c3)sc2c1. The number of aliphatic hydroxyl groups excluding tert-OH is 1. The molecule has 0 bridgehead atoms. The normalized spacial score (nSPS) is 19.0. The summed E-state index contributed by atoms with van der Waals surface area (Å²) in [4.78, 5) is 33.6. The predicted molar refractivity (Wildman–Crippen MR) is 164 cm³/mol. The smallest absolute Gasteiger partial charge is 0.301 e. The van der Waals surface area contributed by atoms with E-state index in [9.17, 15) is 14.7 Å². The zero-order valence-electron chi connectivity index (χ0n) is 23.3. The van der Waals surface area contributed by atoms with Gasteiger partial charge in [0, 0.05) is 12.0 Å². The number of carbonyl (C=O) groups excluding carboxylic acids is 2. The van der Waals surface area contributed by atoms with E-state index >= 15 is 0 Å². The van der Waals surface area contributed by atoms with Crippen molar-refractivity contribution in [2.24, 2.45) is 0 Å². The van der Waals surface area contributed by atoms with Gasteiger partial charge in [-0.25, -0.2) is 4.98 Å². The molecule has 2 atom stereocenters. The monoisotopic (exact) mass is 590 g/mol. The third-order valence-electron chi connectivity index (χ3n) is 7.56. The number of nitrogens with zero attached hydrogens (tertiary/aromatic N) is 2. The molecule has 4 aromatic carbocycles. The average Bonchev–Trinajstić information content (AvgIpc) is 3.69. The van der Waals surface area contributed by atoms with Crippen LogP contribution in [0.15, 0.2) is 96.6 Å². The summed E-state index contributed by atoms with van der Waals surface area (Å²) >= 11 is 1.27. The minimum absolute atomic E-state index is 0.0167. The molecular weight excluding hydrogens is 564 g/mol. The first kappa shape index (κ1) is 26.7. The molecule has 1 saturated heterocycles. The summed E-state index contributed by atoms with van der Waals surface area (Å²) in [5.74, 6) is 0.739. The fraction of sp³-hybridized carbons (Fsp3) is 0.147. The average molecular weight is 591 g/mol. The van der Waals surface area contributed by atoms with Crippen molar-refractivity contribution in [1.29, 1.82) is 0 Å². The van der Waals surface area contributed by atoms with Crippen LogP contribution in [0.1, 0.15) is 29.7 Å². The van der Waals surface area contributed by atoms with Gasteiger partial charge in [0.2, 0.25) is 0 Å². The quantitative estimate of drug-likeness (QED) is 0.129. The van der Waals surface area contributed by atoms with E-state index in [1.165, 1.54) is 16.2 Å². The molecule has 0 radical (unpaired) electrons. The molecule has 2 aliphatic heterocycles. The van der Waals surface area contributed by atoms with Gasteiger partial charge in [-0.15, -0.1) is 0 Å². The Labute approximate surface area is 251 Å². The third-order valence-corrected chi connectivity index (χ3v) is 8.57. The number of fused-ring (bicyclic) bond motifs is 2. The maximum Gasteiger partial charge on any atom is 0.301 e. The first-order chi connectivity index (χ1) is 20.9. The summed E-state index contributed by atoms with van der Waals surface area (Å²) in [5.41, 5.74) is 2.59. The van der Waals surface area contributed by atoms with E-state index in [4.69, 9.17) is 19.2 Å². The highest BCUT2D eigenvalue weighted by molar-refractivity contribution is 7.22. The summed E-state index contributed by atoms with van der Waals surface area (Å²) in [5, 5.41) is 12.0. The number of hydrogen-bond donors (Lipinski definition) is 1. The number of rotatable bonds is 6. The van der Waals surface area contributed by atoms with E-state index in [0.29, 0.717) is 45.4 Å². The van der Waals surface area contributed by atoms with Crippen LogP contribution in [0.4, 0.5) is 5.13 Å². The number of Topliss-reactive ketones (excluding diaryl/α,β-unsaturated/α-hetero) is 1. The zero-order valence-corrected chi connectivity index (χ0v) is 24.1. The number of aromatic nitrogens is 1. The molecule has 0 saturated carbocycles. The number of methoxy groups -OCH3 is 1. The van der Waals surface area contributed by atoms with Gasteiger partial charge >= 0.3 is 5.91 Å². The topological polar surface area (TPSA) is 98.2 Å². The summed E-state index contributed by atoms with van der Waals surface area (Å²) in [6.45, 7) is 1.98. The van der Waals surface area contributed by atoms with Gasteiger partial charge in [0.25, 0.3) is 5.78 Å². The molecule has 1 N–H and O–H groups in total. The largest absolute Gasteiger partial charge is 0.507 e. The lowest BCUT2D eigenvalue weighted by molar-refractivity contribution is -0.132. The number of amides is 1. The van der Waals surface area contributed by atoms with Crippen LogP contribution in [0, 0.1) is 0 Å². The Morgan fingerprint density at radius 3 is 2.58 bits per heavy atom. The van der Waals surface area contributed by atoms with Crippen molar-refractivity contribution in [3.8, 4) is 23.0 Å². The molecule has 1 fully saturated rings. The first-order valence-corrected chi connectivity index (χ1v) is 14.6. The predicted octanol–water partition coefficient (Wildman–Crippen LogP) is 7.05. The van der Waals surface area contributed by atoms with Crippen LogP contribution in [-0.2, 0) is 16.0 Å². The minimum Gasteiger partial charge on any atom is -0.507 e. The lowest BCUT2D eigenvalue weighted by Crippen LogP contribution is -2.29. The van der Waals surface area contributed by atoms with Gasteiger partial charge in [-0.05, 0) is 78.7 Å². The number of ketones is 1. The molecule has 0 aliphatic carbocycles. The molecule has 43 heavy (non-hydrogen) atoms. The van der Waals surface area contributed by atoms with Crippen molar-refractivity contribution in [2.45, 2.75) is 25.5 Å². The molecule has 8 nitrogen and oxygen atoms in total. The number of thiazole rings is 1. The van der Waals surface area contributed by atoms with E-state index in [1.807, 2.05) is 61.5 Å². The van der Waals surface area contributed by atoms with E-state index < -0.39 is 17.7 Å². The molecule has 1 amide bonds. The molecule has 2 aliphatic rings. The number of carbonyl (C=O) groups is 2. The van der Waals surface area contributed by atoms with Crippen LogP contribution in [0.3, 0.4) is 0 Å². The zero-order chi connectivity index (χ0) is 29.7. The highest BCUT2D eigenvalue weighted by Crippen LogP contribution is 2.46. The second kappa shape index (κ2) is 10.6. The Balaban J connectivity index is 1.38. The number of benzene rings is 4. The molecule has 0 spiro atoms. The summed E-state index contributed by atoms with van der Waals surface area (Å²) in [6.07, 6.45) is 0.699. The summed E-state index contributed by atoms with van der Waals surface area (Å²) in [7, 11) is 1.58. The molecule has 9 heteroatoms. The molecule has 5 aromatic rings. The molecule has 214 valence electrons. The molecule has 3 heterocycles. The van der Waals surface area contributed by atoms with Crippen molar-refractivity contribution < 1.29 is 28.9 Å².